The van der Waals surface area contributed by atoms with E-state index in [2.05, 4.69) is 0 Å². The number of aryl methyl sites for hydroxylation is 1. The molecule has 1 aliphatic heterocycles. The van der Waals surface area contributed by atoms with Crippen LogP contribution in [0.25, 0.3) is 0 Å². The van der Waals surface area contributed by atoms with Gasteiger partial charge in [-0.25, -0.2) is 0 Å². The van der Waals surface area contributed by atoms with Crippen LogP contribution in [0.5, 0.6) is 5.75 Å². The van der Waals surface area contributed by atoms with Gasteiger partial charge in [0.1, 0.15) is 36.3 Å². The molecule has 0 bridgehead atoms. The highest BCUT2D eigenvalue weighted by Crippen LogP contribution is 2.35. The Hall–Kier alpha value is -1.22. The Morgan fingerprint density at radius 1 is 1.00 bits per heavy atom. The fraction of sp³-hybridized carbons (Fsp3) is 0.700. The van der Waals surface area contributed by atoms with Crippen molar-refractivity contribution in [2.75, 3.05) is 13.7 Å². The zero-order valence-corrected chi connectivity index (χ0v) is 15.8. The lowest BCUT2D eigenvalue weighted by Crippen LogP contribution is -2.55. The fourth-order valence-corrected chi connectivity index (χ4v) is 3.86. The fourth-order valence-electron chi connectivity index (χ4n) is 3.86. The van der Waals surface area contributed by atoms with E-state index in [9.17, 15) is 20.4 Å². The van der Waals surface area contributed by atoms with Gasteiger partial charge in [-0.05, 0) is 49.8 Å². The summed E-state index contributed by atoms with van der Waals surface area (Å²) in [6, 6.07) is 5.49. The summed E-state index contributed by atoms with van der Waals surface area (Å²) in [5.74, 6) is 0.713. The van der Waals surface area contributed by atoms with E-state index >= 15 is 0 Å². The van der Waals surface area contributed by atoms with Crippen LogP contribution in [0, 0.1) is 6.92 Å². The molecule has 2 aliphatic rings. The average Bonchev–Trinajstić information content (AvgIpc) is 2.69. The molecular formula is C20H30O7. The predicted molar refractivity (Wildman–Crippen MR) is 97.6 cm³/mol. The average molecular weight is 382 g/mol. The van der Waals surface area contributed by atoms with E-state index < -0.39 is 37.1 Å². The number of hydrogen-bond acceptors (Lipinski definition) is 7. The summed E-state index contributed by atoms with van der Waals surface area (Å²) < 4.78 is 17.2. The van der Waals surface area contributed by atoms with Crippen molar-refractivity contribution < 1.29 is 34.6 Å². The normalized spacial score (nSPS) is 37.2. The Morgan fingerprint density at radius 2 is 1.67 bits per heavy atom. The van der Waals surface area contributed by atoms with Crippen LogP contribution in [0.15, 0.2) is 18.2 Å². The Balaban J connectivity index is 1.74. The zero-order chi connectivity index (χ0) is 19.6. The Labute approximate surface area is 159 Å². The standard InChI is InChI=1S/C20H30O7/c1-11-3-4-12(20-19(24)18(23)17(22)16(10-21)27-20)9-15(11)26-14-7-5-13(25-2)6-8-14/h3-4,9,13-14,16-24H,5-8,10H2,1-2H3/t13?,14?,16-,17-,18+,19-,20+/m1/s1. The highest BCUT2D eigenvalue weighted by Gasteiger charge is 2.44. The van der Waals surface area contributed by atoms with Crippen molar-refractivity contribution in [2.45, 2.75) is 75.3 Å². The van der Waals surface area contributed by atoms with E-state index in [0.29, 0.717) is 17.4 Å². The summed E-state index contributed by atoms with van der Waals surface area (Å²) in [5, 5.41) is 39.7. The van der Waals surface area contributed by atoms with Crippen molar-refractivity contribution in [1.82, 2.24) is 0 Å². The van der Waals surface area contributed by atoms with Crippen LogP contribution >= 0.6 is 0 Å². The molecule has 0 spiro atoms. The second kappa shape index (κ2) is 8.86. The number of rotatable bonds is 5. The molecular weight excluding hydrogens is 352 g/mol. The van der Waals surface area contributed by atoms with Gasteiger partial charge in [0.2, 0.25) is 0 Å². The maximum Gasteiger partial charge on any atom is 0.122 e. The Bertz CT molecular complexity index is 612. The second-order valence-corrected chi connectivity index (χ2v) is 7.53. The van der Waals surface area contributed by atoms with Crippen molar-refractivity contribution in [3.63, 3.8) is 0 Å². The largest absolute Gasteiger partial charge is 0.490 e. The number of aliphatic hydroxyl groups is 4. The van der Waals surface area contributed by atoms with E-state index in [1.54, 1.807) is 13.2 Å². The molecule has 3 rings (SSSR count). The van der Waals surface area contributed by atoms with Crippen LogP contribution in [-0.4, -0.2) is 70.8 Å². The minimum Gasteiger partial charge on any atom is -0.490 e. The van der Waals surface area contributed by atoms with Crippen LogP contribution in [0.4, 0.5) is 0 Å². The Morgan fingerprint density at radius 3 is 2.30 bits per heavy atom. The second-order valence-electron chi connectivity index (χ2n) is 7.53. The first-order valence-electron chi connectivity index (χ1n) is 9.55. The van der Waals surface area contributed by atoms with Gasteiger partial charge >= 0.3 is 0 Å². The first-order chi connectivity index (χ1) is 12.9. The number of hydrogen-bond donors (Lipinski definition) is 4. The van der Waals surface area contributed by atoms with Crippen LogP contribution < -0.4 is 4.74 Å². The van der Waals surface area contributed by atoms with Gasteiger partial charge in [0.15, 0.2) is 0 Å². The molecule has 2 fully saturated rings. The van der Waals surface area contributed by atoms with Crippen LogP contribution in [0.2, 0.25) is 0 Å². The molecule has 0 radical (unpaired) electrons. The first-order valence-corrected chi connectivity index (χ1v) is 9.55. The van der Waals surface area contributed by atoms with E-state index in [0.717, 1.165) is 31.2 Å². The van der Waals surface area contributed by atoms with E-state index in [1.165, 1.54) is 0 Å². The van der Waals surface area contributed by atoms with Crippen molar-refractivity contribution in [3.05, 3.63) is 29.3 Å². The summed E-state index contributed by atoms with van der Waals surface area (Å²) >= 11 is 0. The maximum absolute atomic E-state index is 10.3. The van der Waals surface area contributed by atoms with Crippen LogP contribution in [-0.2, 0) is 9.47 Å². The third-order valence-corrected chi connectivity index (χ3v) is 5.68. The highest BCUT2D eigenvalue weighted by atomic mass is 16.5. The van der Waals surface area contributed by atoms with Gasteiger partial charge in [-0.2, -0.15) is 0 Å². The minimum atomic E-state index is -1.39. The monoisotopic (exact) mass is 382 g/mol. The minimum absolute atomic E-state index is 0.111. The summed E-state index contributed by atoms with van der Waals surface area (Å²) in [6.45, 7) is 1.51. The topological polar surface area (TPSA) is 109 Å². The molecule has 7 heteroatoms. The van der Waals surface area contributed by atoms with Crippen molar-refractivity contribution in [2.24, 2.45) is 0 Å². The van der Waals surface area contributed by atoms with Crippen LogP contribution in [0.1, 0.15) is 42.9 Å². The van der Waals surface area contributed by atoms with E-state index in [-0.39, 0.29) is 6.10 Å². The molecule has 0 aromatic heterocycles. The van der Waals surface area contributed by atoms with Gasteiger partial charge < -0.3 is 34.6 Å². The molecule has 5 atom stereocenters. The smallest absolute Gasteiger partial charge is 0.122 e. The molecule has 1 saturated heterocycles. The molecule has 0 unspecified atom stereocenters. The summed E-state index contributed by atoms with van der Waals surface area (Å²) in [5.41, 5.74) is 1.61. The van der Waals surface area contributed by atoms with Gasteiger partial charge in [-0.3, -0.25) is 0 Å². The molecule has 4 N–H and O–H groups in total. The summed E-state index contributed by atoms with van der Waals surface area (Å²) in [4.78, 5) is 0. The quantitative estimate of drug-likeness (QED) is 0.598. The van der Waals surface area contributed by atoms with Gasteiger partial charge in [0.25, 0.3) is 0 Å². The SMILES string of the molecule is COC1CCC(Oc2cc([C@@H]3O[C@H](CO)[C@@H](O)[C@H](O)[C@H]3O)ccc2C)CC1. The Kier molecular flexibility index (Phi) is 6.73. The highest BCUT2D eigenvalue weighted by molar-refractivity contribution is 5.38. The van der Waals surface area contributed by atoms with Crippen molar-refractivity contribution in [3.8, 4) is 5.75 Å². The summed E-state index contributed by atoms with van der Waals surface area (Å²) in [6.07, 6.45) is -1.66. The van der Waals surface area contributed by atoms with Crippen LogP contribution in [0.3, 0.4) is 0 Å². The lowest BCUT2D eigenvalue weighted by atomic mass is 9.90. The zero-order valence-electron chi connectivity index (χ0n) is 15.8. The number of ether oxygens (including phenoxy) is 3. The molecule has 7 nitrogen and oxygen atoms in total. The van der Waals surface area contributed by atoms with E-state index in [1.807, 2.05) is 19.1 Å². The van der Waals surface area contributed by atoms with Gasteiger partial charge in [-0.1, -0.05) is 12.1 Å². The summed E-state index contributed by atoms with van der Waals surface area (Å²) in [7, 11) is 1.74. The van der Waals surface area contributed by atoms with Gasteiger partial charge in [0, 0.05) is 7.11 Å². The molecule has 27 heavy (non-hydrogen) atoms. The molecule has 1 aromatic carbocycles. The predicted octanol–water partition coefficient (Wildman–Crippen LogP) is 0.846. The lowest BCUT2D eigenvalue weighted by Gasteiger charge is -2.40. The third-order valence-electron chi connectivity index (χ3n) is 5.68. The molecule has 1 heterocycles. The first kappa shape index (κ1) is 20.5. The van der Waals surface area contributed by atoms with E-state index in [4.69, 9.17) is 14.2 Å². The molecule has 1 saturated carbocycles. The van der Waals surface area contributed by atoms with Gasteiger partial charge in [0.05, 0.1) is 18.8 Å². The molecule has 1 aromatic rings. The van der Waals surface area contributed by atoms with Crippen molar-refractivity contribution in [1.29, 1.82) is 0 Å². The van der Waals surface area contributed by atoms with Gasteiger partial charge in [-0.15, -0.1) is 0 Å². The number of benzene rings is 1. The maximum atomic E-state index is 10.3. The van der Waals surface area contributed by atoms with Crippen molar-refractivity contribution >= 4 is 0 Å². The number of methoxy groups -OCH3 is 1. The lowest BCUT2D eigenvalue weighted by molar-refractivity contribution is -0.231. The molecule has 152 valence electrons. The third kappa shape index (κ3) is 4.45. The molecule has 0 amide bonds. The number of aliphatic hydroxyl groups excluding tert-OH is 4. The molecule has 1 aliphatic carbocycles.